The molecule has 21 heavy (non-hydrogen) atoms. The largest absolute Gasteiger partial charge is 0.478 e. The van der Waals surface area contributed by atoms with E-state index in [-0.39, 0.29) is 5.91 Å². The van der Waals surface area contributed by atoms with Crippen LogP contribution in [0.4, 0.5) is 5.69 Å². The zero-order chi connectivity index (χ0) is 15.4. The molecule has 0 spiro atoms. The normalized spacial score (nSPS) is 15.4. The van der Waals surface area contributed by atoms with Crippen LogP contribution in [0.3, 0.4) is 0 Å². The van der Waals surface area contributed by atoms with Gasteiger partial charge >= 0.3 is 5.97 Å². The molecule has 1 N–H and O–H groups in total. The molecule has 1 aliphatic heterocycles. The number of amides is 1. The minimum atomic E-state index is -0.920. The summed E-state index contributed by atoms with van der Waals surface area (Å²) in [4.78, 5) is 28.8. The van der Waals surface area contributed by atoms with E-state index in [4.69, 9.17) is 5.11 Å². The lowest BCUT2D eigenvalue weighted by Gasteiger charge is -2.36. The van der Waals surface area contributed by atoms with E-state index in [1.54, 1.807) is 18.2 Å². The fraction of sp³-hybridized carbons (Fsp3) is 0.467. The highest BCUT2D eigenvalue weighted by Gasteiger charge is 2.21. The SMILES string of the molecule is CN(C)CC(=O)N1CCN(c2cccc(C(=O)O)c2)CC1. The average Bonchev–Trinajstić information content (AvgIpc) is 2.47. The van der Waals surface area contributed by atoms with Gasteiger partial charge in [-0.05, 0) is 32.3 Å². The first-order valence-electron chi connectivity index (χ1n) is 6.98. The highest BCUT2D eigenvalue weighted by Crippen LogP contribution is 2.18. The maximum Gasteiger partial charge on any atom is 0.335 e. The van der Waals surface area contributed by atoms with Gasteiger partial charge in [0.05, 0.1) is 12.1 Å². The van der Waals surface area contributed by atoms with Crippen LogP contribution in [-0.2, 0) is 4.79 Å². The summed E-state index contributed by atoms with van der Waals surface area (Å²) in [5, 5.41) is 9.03. The van der Waals surface area contributed by atoms with Crippen molar-refractivity contribution in [2.45, 2.75) is 0 Å². The van der Waals surface area contributed by atoms with Crippen molar-refractivity contribution in [2.24, 2.45) is 0 Å². The number of rotatable bonds is 4. The minimum Gasteiger partial charge on any atom is -0.478 e. The van der Waals surface area contributed by atoms with Gasteiger partial charge in [-0.3, -0.25) is 4.79 Å². The van der Waals surface area contributed by atoms with Crippen LogP contribution in [0.2, 0.25) is 0 Å². The third-order valence-electron chi connectivity index (χ3n) is 3.54. The minimum absolute atomic E-state index is 0.138. The van der Waals surface area contributed by atoms with Crippen molar-refractivity contribution in [3.05, 3.63) is 29.8 Å². The molecule has 1 aromatic rings. The Bertz CT molecular complexity index is 523. The van der Waals surface area contributed by atoms with Crippen molar-refractivity contribution in [1.29, 1.82) is 0 Å². The number of likely N-dealkylation sites (N-methyl/N-ethyl adjacent to an activating group) is 1. The summed E-state index contributed by atoms with van der Waals surface area (Å²) in [5.74, 6) is -0.782. The monoisotopic (exact) mass is 291 g/mol. The third kappa shape index (κ3) is 3.95. The molecule has 1 aromatic carbocycles. The highest BCUT2D eigenvalue weighted by atomic mass is 16.4. The second-order valence-electron chi connectivity index (χ2n) is 5.46. The first-order chi connectivity index (χ1) is 9.97. The molecule has 0 atom stereocenters. The Kier molecular flexibility index (Phi) is 4.80. The number of hydrogen-bond donors (Lipinski definition) is 1. The topological polar surface area (TPSA) is 64.1 Å². The number of carboxylic acid groups (broad SMARTS) is 1. The summed E-state index contributed by atoms with van der Waals surface area (Å²) in [6, 6.07) is 6.93. The third-order valence-corrected chi connectivity index (χ3v) is 3.54. The summed E-state index contributed by atoms with van der Waals surface area (Å²) in [7, 11) is 3.76. The van der Waals surface area contributed by atoms with E-state index in [0.29, 0.717) is 25.2 Å². The Balaban J connectivity index is 1.96. The predicted octanol–water partition coefficient (Wildman–Crippen LogP) is 0.595. The number of piperazine rings is 1. The van der Waals surface area contributed by atoms with Gasteiger partial charge in [0, 0.05) is 31.9 Å². The zero-order valence-electron chi connectivity index (χ0n) is 12.5. The fourth-order valence-electron chi connectivity index (χ4n) is 2.42. The van der Waals surface area contributed by atoms with E-state index in [9.17, 15) is 9.59 Å². The molecule has 0 aromatic heterocycles. The summed E-state index contributed by atoms with van der Waals surface area (Å²) >= 11 is 0. The second kappa shape index (κ2) is 6.58. The van der Waals surface area contributed by atoms with Gasteiger partial charge in [0.15, 0.2) is 0 Å². The van der Waals surface area contributed by atoms with E-state index >= 15 is 0 Å². The molecule has 6 nitrogen and oxygen atoms in total. The number of aromatic carboxylic acids is 1. The van der Waals surface area contributed by atoms with Crippen molar-refractivity contribution in [3.63, 3.8) is 0 Å². The predicted molar refractivity (Wildman–Crippen MR) is 80.7 cm³/mol. The van der Waals surface area contributed by atoms with Crippen molar-refractivity contribution < 1.29 is 14.7 Å². The van der Waals surface area contributed by atoms with Gasteiger partial charge in [0.25, 0.3) is 0 Å². The van der Waals surface area contributed by atoms with Crippen LogP contribution in [0.5, 0.6) is 0 Å². The Morgan fingerprint density at radius 3 is 2.43 bits per heavy atom. The van der Waals surface area contributed by atoms with Gasteiger partial charge in [-0.1, -0.05) is 6.07 Å². The van der Waals surface area contributed by atoms with Crippen LogP contribution in [0.25, 0.3) is 0 Å². The Morgan fingerprint density at radius 1 is 1.19 bits per heavy atom. The molecule has 1 fully saturated rings. The van der Waals surface area contributed by atoms with Crippen LogP contribution < -0.4 is 4.90 Å². The van der Waals surface area contributed by atoms with Crippen LogP contribution in [0.1, 0.15) is 10.4 Å². The molecule has 1 aliphatic rings. The molecule has 2 rings (SSSR count). The van der Waals surface area contributed by atoms with Crippen molar-refractivity contribution in [3.8, 4) is 0 Å². The summed E-state index contributed by atoms with van der Waals surface area (Å²) in [6.45, 7) is 3.22. The number of carbonyl (C=O) groups excluding carboxylic acids is 1. The van der Waals surface area contributed by atoms with Gasteiger partial charge in [0.1, 0.15) is 0 Å². The molecule has 1 heterocycles. The van der Waals surface area contributed by atoms with E-state index in [1.807, 2.05) is 30.0 Å². The maximum absolute atomic E-state index is 12.0. The van der Waals surface area contributed by atoms with Crippen LogP contribution in [0.15, 0.2) is 24.3 Å². The molecular formula is C15H21N3O3. The average molecular weight is 291 g/mol. The van der Waals surface area contributed by atoms with Gasteiger partial charge in [-0.15, -0.1) is 0 Å². The molecule has 1 amide bonds. The standard InChI is InChI=1S/C15H21N3O3/c1-16(2)11-14(19)18-8-6-17(7-9-18)13-5-3-4-12(10-13)15(20)21/h3-5,10H,6-9,11H2,1-2H3,(H,20,21). The maximum atomic E-state index is 12.0. The number of nitrogens with zero attached hydrogens (tertiary/aromatic N) is 3. The molecule has 114 valence electrons. The van der Waals surface area contributed by atoms with E-state index < -0.39 is 5.97 Å². The Morgan fingerprint density at radius 2 is 1.86 bits per heavy atom. The first-order valence-corrected chi connectivity index (χ1v) is 6.98. The van der Waals surface area contributed by atoms with Crippen molar-refractivity contribution in [1.82, 2.24) is 9.80 Å². The highest BCUT2D eigenvalue weighted by molar-refractivity contribution is 5.88. The van der Waals surface area contributed by atoms with Gasteiger partial charge in [-0.25, -0.2) is 4.79 Å². The van der Waals surface area contributed by atoms with E-state index in [2.05, 4.69) is 4.90 Å². The lowest BCUT2D eigenvalue weighted by atomic mass is 10.1. The van der Waals surface area contributed by atoms with Gasteiger partial charge in [0.2, 0.25) is 5.91 Å². The number of benzene rings is 1. The molecule has 0 saturated carbocycles. The van der Waals surface area contributed by atoms with Crippen LogP contribution >= 0.6 is 0 Å². The zero-order valence-corrected chi connectivity index (χ0v) is 12.5. The molecule has 1 saturated heterocycles. The number of hydrogen-bond acceptors (Lipinski definition) is 4. The van der Waals surface area contributed by atoms with Crippen LogP contribution in [0, 0.1) is 0 Å². The smallest absolute Gasteiger partial charge is 0.335 e. The Hall–Kier alpha value is -2.08. The van der Waals surface area contributed by atoms with Gasteiger partial charge < -0.3 is 19.8 Å². The number of anilines is 1. The van der Waals surface area contributed by atoms with E-state index in [1.165, 1.54) is 0 Å². The molecular weight excluding hydrogens is 270 g/mol. The molecule has 0 unspecified atom stereocenters. The van der Waals surface area contributed by atoms with Crippen molar-refractivity contribution in [2.75, 3.05) is 51.7 Å². The van der Waals surface area contributed by atoms with Crippen LogP contribution in [-0.4, -0.2) is 73.6 Å². The summed E-state index contributed by atoms with van der Waals surface area (Å²) in [5.41, 5.74) is 1.19. The van der Waals surface area contributed by atoms with Crippen molar-refractivity contribution >= 4 is 17.6 Å². The fourth-order valence-corrected chi connectivity index (χ4v) is 2.42. The molecule has 0 aliphatic carbocycles. The first kappa shape index (κ1) is 15.3. The summed E-state index contributed by atoms with van der Waals surface area (Å²) in [6.07, 6.45) is 0. The lowest BCUT2D eigenvalue weighted by molar-refractivity contribution is -0.132. The lowest BCUT2D eigenvalue weighted by Crippen LogP contribution is -2.50. The Labute approximate surface area is 124 Å². The molecule has 6 heteroatoms. The number of carboxylic acids is 1. The van der Waals surface area contributed by atoms with Gasteiger partial charge in [-0.2, -0.15) is 0 Å². The molecule has 0 bridgehead atoms. The molecule has 0 radical (unpaired) electrons. The quantitative estimate of drug-likeness (QED) is 0.880. The summed E-state index contributed by atoms with van der Waals surface area (Å²) < 4.78 is 0. The number of carbonyl (C=O) groups is 2. The second-order valence-corrected chi connectivity index (χ2v) is 5.46. The van der Waals surface area contributed by atoms with E-state index in [0.717, 1.165) is 18.8 Å².